The molecular weight excluding hydrogens is 416 g/mol. The Morgan fingerprint density at radius 2 is 1.75 bits per heavy atom. The third-order valence-corrected chi connectivity index (χ3v) is 5.58. The molecule has 170 valence electrons. The van der Waals surface area contributed by atoms with Crippen molar-refractivity contribution in [2.75, 3.05) is 13.6 Å². The molecule has 0 saturated carbocycles. The number of hydrogen-bond acceptors (Lipinski definition) is 3. The Morgan fingerprint density at radius 3 is 2.44 bits per heavy atom. The minimum atomic E-state index is -0.711. The summed E-state index contributed by atoms with van der Waals surface area (Å²) in [4.78, 5) is 39.3. The first-order valence-corrected chi connectivity index (χ1v) is 10.6. The Labute approximate surface area is 186 Å². The van der Waals surface area contributed by atoms with Gasteiger partial charge in [-0.3, -0.25) is 14.4 Å². The predicted molar refractivity (Wildman–Crippen MR) is 115 cm³/mol. The summed E-state index contributed by atoms with van der Waals surface area (Å²) >= 11 is 0. The normalized spacial score (nSPS) is 19.5. The molecule has 1 saturated heterocycles. The molecule has 1 fully saturated rings. The first kappa shape index (κ1) is 23.4. The Balaban J connectivity index is 1.59. The Hall–Kier alpha value is -3.29. The van der Waals surface area contributed by atoms with Gasteiger partial charge in [0.2, 0.25) is 11.8 Å². The second-order valence-corrected chi connectivity index (χ2v) is 8.14. The van der Waals surface area contributed by atoms with Crippen molar-refractivity contribution < 1.29 is 23.2 Å². The average Bonchev–Trinajstić information content (AvgIpc) is 2.82. The van der Waals surface area contributed by atoms with Crippen LogP contribution in [-0.2, 0) is 16.1 Å². The molecule has 0 unspecified atom stereocenters. The van der Waals surface area contributed by atoms with Gasteiger partial charge in [0.1, 0.15) is 11.6 Å². The summed E-state index contributed by atoms with van der Waals surface area (Å²) in [5, 5.41) is 5.66. The molecule has 1 aliphatic rings. The van der Waals surface area contributed by atoms with Gasteiger partial charge in [-0.2, -0.15) is 0 Å². The van der Waals surface area contributed by atoms with Crippen molar-refractivity contribution in [3.63, 3.8) is 0 Å². The van der Waals surface area contributed by atoms with Crippen LogP contribution in [0.25, 0.3) is 0 Å². The summed E-state index contributed by atoms with van der Waals surface area (Å²) in [6, 6.07) is 11.7. The van der Waals surface area contributed by atoms with Crippen molar-refractivity contribution in [2.24, 2.45) is 5.92 Å². The van der Waals surface area contributed by atoms with E-state index in [0.29, 0.717) is 36.9 Å². The van der Waals surface area contributed by atoms with Gasteiger partial charge in [0, 0.05) is 50.1 Å². The van der Waals surface area contributed by atoms with E-state index in [0.717, 1.165) is 18.2 Å². The molecule has 2 aromatic carbocycles. The lowest BCUT2D eigenvalue weighted by atomic mass is 9.96. The third-order valence-electron chi connectivity index (χ3n) is 5.58. The average molecular weight is 443 g/mol. The highest BCUT2D eigenvalue weighted by Gasteiger charge is 2.27. The molecule has 2 N–H and O–H groups in total. The molecule has 2 aromatic rings. The van der Waals surface area contributed by atoms with Crippen LogP contribution in [0.1, 0.15) is 41.6 Å². The van der Waals surface area contributed by atoms with Gasteiger partial charge in [0.25, 0.3) is 5.91 Å². The van der Waals surface area contributed by atoms with E-state index in [1.807, 2.05) is 6.07 Å². The molecule has 3 rings (SSSR count). The molecule has 0 aliphatic carbocycles. The minimum Gasteiger partial charge on any atom is -0.352 e. The van der Waals surface area contributed by atoms with Crippen LogP contribution in [0.15, 0.2) is 48.5 Å². The quantitative estimate of drug-likeness (QED) is 0.746. The fourth-order valence-electron chi connectivity index (χ4n) is 3.85. The molecule has 0 bridgehead atoms. The topological polar surface area (TPSA) is 78.5 Å². The van der Waals surface area contributed by atoms with Crippen molar-refractivity contribution in [3.8, 4) is 0 Å². The molecule has 1 aliphatic heterocycles. The maximum atomic E-state index is 13.3. The molecule has 32 heavy (non-hydrogen) atoms. The number of amides is 3. The van der Waals surface area contributed by atoms with Crippen LogP contribution in [0.4, 0.5) is 8.78 Å². The lowest BCUT2D eigenvalue weighted by molar-refractivity contribution is -0.135. The number of hydrogen-bond donors (Lipinski definition) is 2. The lowest BCUT2D eigenvalue weighted by Crippen LogP contribution is -2.44. The van der Waals surface area contributed by atoms with Crippen molar-refractivity contribution >= 4 is 17.7 Å². The summed E-state index contributed by atoms with van der Waals surface area (Å²) < 4.78 is 26.7. The van der Waals surface area contributed by atoms with E-state index in [9.17, 15) is 23.2 Å². The summed E-state index contributed by atoms with van der Waals surface area (Å²) in [6.45, 7) is 0.331. The Morgan fingerprint density at radius 1 is 1.06 bits per heavy atom. The minimum absolute atomic E-state index is 0.0240. The third kappa shape index (κ3) is 6.60. The molecule has 3 amide bonds. The van der Waals surface area contributed by atoms with E-state index in [1.54, 1.807) is 31.3 Å². The zero-order valence-corrected chi connectivity index (χ0v) is 17.9. The summed E-state index contributed by atoms with van der Waals surface area (Å²) in [6.07, 6.45) is 1.78. The molecule has 0 aromatic heterocycles. The predicted octanol–water partition coefficient (Wildman–Crippen LogP) is 3.03. The van der Waals surface area contributed by atoms with E-state index >= 15 is 0 Å². The number of nitrogens with one attached hydrogen (secondary N) is 2. The molecule has 6 nitrogen and oxygen atoms in total. The zero-order chi connectivity index (χ0) is 23.1. The number of carbonyl (C=O) groups is 3. The van der Waals surface area contributed by atoms with Gasteiger partial charge < -0.3 is 15.5 Å². The summed E-state index contributed by atoms with van der Waals surface area (Å²) in [5.74, 6) is -2.69. The van der Waals surface area contributed by atoms with Gasteiger partial charge in [0.15, 0.2) is 0 Å². The fraction of sp³-hybridized carbons (Fsp3) is 0.375. The van der Waals surface area contributed by atoms with Gasteiger partial charge in [-0.15, -0.1) is 0 Å². The van der Waals surface area contributed by atoms with Gasteiger partial charge in [-0.25, -0.2) is 8.78 Å². The van der Waals surface area contributed by atoms with E-state index in [-0.39, 0.29) is 36.7 Å². The van der Waals surface area contributed by atoms with Gasteiger partial charge in [0.05, 0.1) is 0 Å². The molecule has 8 heteroatoms. The van der Waals surface area contributed by atoms with Crippen molar-refractivity contribution in [1.82, 2.24) is 15.5 Å². The molecule has 1 heterocycles. The maximum absolute atomic E-state index is 13.3. The number of rotatable bonds is 5. The first-order chi connectivity index (χ1) is 15.3. The first-order valence-electron chi connectivity index (χ1n) is 10.6. The second-order valence-electron chi connectivity index (χ2n) is 8.14. The molecule has 2 atom stereocenters. The van der Waals surface area contributed by atoms with Crippen LogP contribution in [0, 0.1) is 17.6 Å². The van der Waals surface area contributed by atoms with Gasteiger partial charge in [-0.1, -0.05) is 24.6 Å². The number of benzene rings is 2. The molecule has 0 radical (unpaired) electrons. The van der Waals surface area contributed by atoms with Gasteiger partial charge in [-0.05, 0) is 42.7 Å². The van der Waals surface area contributed by atoms with Crippen LogP contribution in [0.3, 0.4) is 0 Å². The van der Waals surface area contributed by atoms with Crippen molar-refractivity contribution in [2.45, 2.75) is 38.3 Å². The number of likely N-dealkylation sites (N-methyl/N-ethyl adjacent to an activating group) is 1. The number of halogens is 2. The van der Waals surface area contributed by atoms with Crippen LogP contribution in [-0.4, -0.2) is 42.3 Å². The standard InChI is InChI=1S/C24H27F2N3O3/c1-29-15-21(28-24(32)17-6-3-2-4-7-17)9-5-8-18(12-22(29)30)23(31)27-14-16-10-19(25)13-20(26)11-16/h2-4,6-7,10-11,13,18,21H,5,8-9,12,14-15H2,1H3,(H,27,31)(H,28,32)/t18-,21-/m1/s1. The van der Waals surface area contributed by atoms with Crippen molar-refractivity contribution in [3.05, 3.63) is 71.3 Å². The Kier molecular flexibility index (Phi) is 7.92. The van der Waals surface area contributed by atoms with Crippen molar-refractivity contribution in [1.29, 1.82) is 0 Å². The van der Waals surface area contributed by atoms with Crippen LogP contribution < -0.4 is 10.6 Å². The molecule has 0 spiro atoms. The van der Waals surface area contributed by atoms with Gasteiger partial charge >= 0.3 is 0 Å². The number of carbonyl (C=O) groups excluding carboxylic acids is 3. The summed E-state index contributed by atoms with van der Waals surface area (Å²) in [5.41, 5.74) is 0.860. The fourth-order valence-corrected chi connectivity index (χ4v) is 3.85. The lowest BCUT2D eigenvalue weighted by Gasteiger charge is -2.24. The highest BCUT2D eigenvalue weighted by Crippen LogP contribution is 2.19. The van der Waals surface area contributed by atoms with Crippen LogP contribution in [0.5, 0.6) is 0 Å². The highest BCUT2D eigenvalue weighted by atomic mass is 19.1. The van der Waals surface area contributed by atoms with E-state index in [4.69, 9.17) is 0 Å². The van der Waals surface area contributed by atoms with Crippen LogP contribution in [0.2, 0.25) is 0 Å². The van der Waals surface area contributed by atoms with E-state index in [2.05, 4.69) is 10.6 Å². The highest BCUT2D eigenvalue weighted by molar-refractivity contribution is 5.94. The SMILES string of the molecule is CN1C[C@H](NC(=O)c2ccccc2)CCC[C@@H](C(=O)NCc2cc(F)cc(F)c2)CC1=O. The largest absolute Gasteiger partial charge is 0.352 e. The van der Waals surface area contributed by atoms with Crippen LogP contribution >= 0.6 is 0 Å². The smallest absolute Gasteiger partial charge is 0.251 e. The molecular formula is C24H27F2N3O3. The number of nitrogens with zero attached hydrogens (tertiary/aromatic N) is 1. The van der Waals surface area contributed by atoms with E-state index in [1.165, 1.54) is 4.90 Å². The zero-order valence-electron chi connectivity index (χ0n) is 17.9. The maximum Gasteiger partial charge on any atom is 0.251 e. The summed E-state index contributed by atoms with van der Waals surface area (Å²) in [7, 11) is 1.65. The second kappa shape index (κ2) is 10.8. The van der Waals surface area contributed by atoms with E-state index < -0.39 is 17.6 Å². The Bertz CT molecular complexity index is 948. The monoisotopic (exact) mass is 443 g/mol.